The van der Waals surface area contributed by atoms with Crippen LogP contribution in [0.25, 0.3) is 0 Å². The van der Waals surface area contributed by atoms with Gasteiger partial charge in [0.05, 0.1) is 13.7 Å². The summed E-state index contributed by atoms with van der Waals surface area (Å²) < 4.78 is 12.2. The third-order valence-corrected chi connectivity index (χ3v) is 3.80. The zero-order valence-corrected chi connectivity index (χ0v) is 12.0. The van der Waals surface area contributed by atoms with Crippen molar-refractivity contribution in [3.05, 3.63) is 22.2 Å². The van der Waals surface area contributed by atoms with Gasteiger partial charge in [0.1, 0.15) is 6.29 Å². The molecule has 3 nitrogen and oxygen atoms in total. The maximum Gasteiger partial charge on any atom is 0.165 e. The molecule has 0 bridgehead atoms. The molecular formula is C14H17BrO3. The van der Waals surface area contributed by atoms with E-state index >= 15 is 0 Å². The van der Waals surface area contributed by atoms with E-state index in [2.05, 4.69) is 15.9 Å². The van der Waals surface area contributed by atoms with E-state index in [4.69, 9.17) is 9.47 Å². The van der Waals surface area contributed by atoms with E-state index in [0.29, 0.717) is 18.8 Å². The second kappa shape index (κ2) is 6.23. The van der Waals surface area contributed by atoms with Crippen molar-refractivity contribution in [1.29, 1.82) is 0 Å². The molecule has 0 radical (unpaired) electrons. The van der Waals surface area contributed by atoms with Crippen LogP contribution in [0.3, 0.4) is 0 Å². The van der Waals surface area contributed by atoms with E-state index in [9.17, 15) is 4.79 Å². The SMILES string of the molecule is COc1ccc(Br)c(CCC=O)c1OCC1CC1. The maximum atomic E-state index is 10.5. The number of ether oxygens (including phenoxy) is 2. The lowest BCUT2D eigenvalue weighted by atomic mass is 10.1. The van der Waals surface area contributed by atoms with Crippen LogP contribution in [-0.2, 0) is 11.2 Å². The van der Waals surface area contributed by atoms with E-state index in [1.807, 2.05) is 12.1 Å². The molecule has 18 heavy (non-hydrogen) atoms. The Hall–Kier alpha value is -1.03. The summed E-state index contributed by atoms with van der Waals surface area (Å²) in [5, 5.41) is 0. The molecule has 2 rings (SSSR count). The highest BCUT2D eigenvalue weighted by Gasteiger charge is 2.23. The van der Waals surface area contributed by atoms with Crippen molar-refractivity contribution in [2.45, 2.75) is 25.7 Å². The Labute approximate surface area is 116 Å². The van der Waals surface area contributed by atoms with Crippen LogP contribution >= 0.6 is 15.9 Å². The van der Waals surface area contributed by atoms with Gasteiger partial charge < -0.3 is 14.3 Å². The largest absolute Gasteiger partial charge is 0.493 e. The fourth-order valence-electron chi connectivity index (χ4n) is 1.82. The summed E-state index contributed by atoms with van der Waals surface area (Å²) in [6, 6.07) is 3.82. The Balaban J connectivity index is 2.22. The molecule has 0 amide bonds. The van der Waals surface area contributed by atoms with Crippen molar-refractivity contribution in [3.8, 4) is 11.5 Å². The van der Waals surface area contributed by atoms with Crippen LogP contribution in [0.15, 0.2) is 16.6 Å². The molecule has 0 aromatic heterocycles. The molecule has 0 aliphatic heterocycles. The first-order chi connectivity index (χ1) is 8.76. The van der Waals surface area contributed by atoms with Crippen molar-refractivity contribution < 1.29 is 14.3 Å². The third kappa shape index (κ3) is 3.25. The molecule has 0 heterocycles. The standard InChI is InChI=1S/C14H17BrO3/c1-17-13-7-6-12(15)11(3-2-8-16)14(13)18-9-10-4-5-10/h6-8,10H,2-5,9H2,1H3. The average molecular weight is 313 g/mol. The zero-order valence-electron chi connectivity index (χ0n) is 10.4. The van der Waals surface area contributed by atoms with Crippen LogP contribution in [0.4, 0.5) is 0 Å². The summed E-state index contributed by atoms with van der Waals surface area (Å²) in [4.78, 5) is 10.5. The first kappa shape index (κ1) is 13.4. The van der Waals surface area contributed by atoms with E-state index in [-0.39, 0.29) is 0 Å². The molecule has 0 atom stereocenters. The maximum absolute atomic E-state index is 10.5. The van der Waals surface area contributed by atoms with E-state index in [0.717, 1.165) is 34.4 Å². The molecule has 1 aromatic carbocycles. The van der Waals surface area contributed by atoms with Gasteiger partial charge in [-0.15, -0.1) is 0 Å². The summed E-state index contributed by atoms with van der Waals surface area (Å²) >= 11 is 3.51. The summed E-state index contributed by atoms with van der Waals surface area (Å²) in [5.74, 6) is 2.20. The van der Waals surface area contributed by atoms with Crippen molar-refractivity contribution in [3.63, 3.8) is 0 Å². The Morgan fingerprint density at radius 1 is 1.44 bits per heavy atom. The molecule has 1 aromatic rings. The summed E-state index contributed by atoms with van der Waals surface area (Å²) in [5.41, 5.74) is 1.02. The minimum atomic E-state index is 0.492. The van der Waals surface area contributed by atoms with Gasteiger partial charge in [0.2, 0.25) is 0 Å². The fraction of sp³-hybridized carbons (Fsp3) is 0.500. The van der Waals surface area contributed by atoms with Gasteiger partial charge in [-0.3, -0.25) is 0 Å². The van der Waals surface area contributed by atoms with Crippen LogP contribution < -0.4 is 9.47 Å². The number of methoxy groups -OCH3 is 1. The number of hydrogen-bond donors (Lipinski definition) is 0. The number of carbonyl (C=O) groups is 1. The van der Waals surface area contributed by atoms with Crippen LogP contribution in [0.5, 0.6) is 11.5 Å². The highest BCUT2D eigenvalue weighted by molar-refractivity contribution is 9.10. The first-order valence-electron chi connectivity index (χ1n) is 6.18. The Morgan fingerprint density at radius 3 is 2.83 bits per heavy atom. The number of aldehydes is 1. The zero-order chi connectivity index (χ0) is 13.0. The van der Waals surface area contributed by atoms with E-state index in [1.54, 1.807) is 7.11 Å². The molecule has 98 valence electrons. The van der Waals surface area contributed by atoms with Crippen molar-refractivity contribution in [1.82, 2.24) is 0 Å². The van der Waals surface area contributed by atoms with Crippen molar-refractivity contribution >= 4 is 22.2 Å². The monoisotopic (exact) mass is 312 g/mol. The normalized spacial score (nSPS) is 14.3. The molecule has 1 aliphatic rings. The predicted octanol–water partition coefficient (Wildman–Crippen LogP) is 3.38. The predicted molar refractivity (Wildman–Crippen MR) is 73.3 cm³/mol. The molecule has 0 spiro atoms. The summed E-state index contributed by atoms with van der Waals surface area (Å²) in [7, 11) is 1.64. The third-order valence-electron chi connectivity index (χ3n) is 3.06. The summed E-state index contributed by atoms with van der Waals surface area (Å²) in [6.07, 6.45) is 4.59. The number of carbonyl (C=O) groups excluding carboxylic acids is 1. The van der Waals surface area contributed by atoms with Gasteiger partial charge in [-0.05, 0) is 37.3 Å². The average Bonchev–Trinajstić information content (AvgIpc) is 3.19. The van der Waals surface area contributed by atoms with Crippen LogP contribution in [0.1, 0.15) is 24.8 Å². The number of halogens is 1. The molecule has 1 aliphatic carbocycles. The van der Waals surface area contributed by atoms with Crippen molar-refractivity contribution in [2.75, 3.05) is 13.7 Å². The summed E-state index contributed by atoms with van der Waals surface area (Å²) in [6.45, 7) is 0.737. The van der Waals surface area contributed by atoms with Gasteiger partial charge in [-0.25, -0.2) is 0 Å². The van der Waals surface area contributed by atoms with Gasteiger partial charge in [-0.2, -0.15) is 0 Å². The Morgan fingerprint density at radius 2 is 2.22 bits per heavy atom. The number of benzene rings is 1. The molecular weight excluding hydrogens is 296 g/mol. The van der Waals surface area contributed by atoms with Gasteiger partial charge in [-0.1, -0.05) is 15.9 Å². The smallest absolute Gasteiger partial charge is 0.165 e. The second-order valence-electron chi connectivity index (χ2n) is 4.52. The highest BCUT2D eigenvalue weighted by atomic mass is 79.9. The van der Waals surface area contributed by atoms with E-state index < -0.39 is 0 Å². The van der Waals surface area contributed by atoms with Gasteiger partial charge in [0.25, 0.3) is 0 Å². The lowest BCUT2D eigenvalue weighted by Crippen LogP contribution is -2.04. The van der Waals surface area contributed by atoms with Crippen LogP contribution in [-0.4, -0.2) is 20.0 Å². The minimum absolute atomic E-state index is 0.492. The number of hydrogen-bond acceptors (Lipinski definition) is 3. The molecule has 1 fully saturated rings. The van der Waals surface area contributed by atoms with Gasteiger partial charge in [0, 0.05) is 16.5 Å². The van der Waals surface area contributed by atoms with Crippen molar-refractivity contribution in [2.24, 2.45) is 5.92 Å². The lowest BCUT2D eigenvalue weighted by molar-refractivity contribution is -0.107. The first-order valence-corrected chi connectivity index (χ1v) is 6.97. The quantitative estimate of drug-likeness (QED) is 0.724. The fourth-order valence-corrected chi connectivity index (χ4v) is 2.33. The topological polar surface area (TPSA) is 35.5 Å². The van der Waals surface area contributed by atoms with Crippen LogP contribution in [0.2, 0.25) is 0 Å². The van der Waals surface area contributed by atoms with Crippen LogP contribution in [0, 0.1) is 5.92 Å². The molecule has 4 heteroatoms. The van der Waals surface area contributed by atoms with Gasteiger partial charge in [0.15, 0.2) is 11.5 Å². The lowest BCUT2D eigenvalue weighted by Gasteiger charge is -2.16. The number of rotatable bonds is 7. The minimum Gasteiger partial charge on any atom is -0.493 e. The molecule has 0 N–H and O–H groups in total. The Bertz CT molecular complexity index is 427. The molecule has 0 unspecified atom stereocenters. The molecule has 0 saturated heterocycles. The highest BCUT2D eigenvalue weighted by Crippen LogP contribution is 2.38. The Kier molecular flexibility index (Phi) is 4.64. The van der Waals surface area contributed by atoms with Gasteiger partial charge >= 0.3 is 0 Å². The van der Waals surface area contributed by atoms with E-state index in [1.165, 1.54) is 12.8 Å². The molecule has 1 saturated carbocycles. The second-order valence-corrected chi connectivity index (χ2v) is 5.37.